The summed E-state index contributed by atoms with van der Waals surface area (Å²) in [4.78, 5) is 0. The summed E-state index contributed by atoms with van der Waals surface area (Å²) in [5, 5.41) is 0. The van der Waals surface area contributed by atoms with E-state index in [4.69, 9.17) is 0 Å². The first-order valence-electron chi connectivity index (χ1n) is 9.46. The fourth-order valence-electron chi connectivity index (χ4n) is 3.79. The summed E-state index contributed by atoms with van der Waals surface area (Å²) in [5.74, 6) is 0. The van der Waals surface area contributed by atoms with Gasteiger partial charge in [-0.05, 0) is 25.7 Å². The van der Waals surface area contributed by atoms with Gasteiger partial charge in [0.25, 0.3) is 0 Å². The van der Waals surface area contributed by atoms with Crippen LogP contribution in [0.1, 0.15) is 103 Å². The van der Waals surface area contributed by atoms with E-state index in [2.05, 4.69) is 10.9 Å². The molecule has 0 aliphatic heterocycles. The van der Waals surface area contributed by atoms with E-state index in [-0.39, 0.29) is 0 Å². The van der Waals surface area contributed by atoms with E-state index in [9.17, 15) is 0 Å². The van der Waals surface area contributed by atoms with Crippen LogP contribution in [0.2, 0.25) is 0 Å². The summed E-state index contributed by atoms with van der Waals surface area (Å²) in [5.41, 5.74) is 7.41. The van der Waals surface area contributed by atoms with Gasteiger partial charge >= 0.3 is 0 Å². The van der Waals surface area contributed by atoms with Gasteiger partial charge in [-0.2, -0.15) is 0 Å². The molecule has 0 saturated heterocycles. The Morgan fingerprint density at radius 2 is 0.600 bits per heavy atom. The van der Waals surface area contributed by atoms with Gasteiger partial charge in [-0.1, -0.05) is 77.0 Å². The van der Waals surface area contributed by atoms with Crippen molar-refractivity contribution >= 4 is 0 Å². The van der Waals surface area contributed by atoms with Crippen molar-refractivity contribution in [3.8, 4) is 0 Å². The van der Waals surface area contributed by atoms with Crippen molar-refractivity contribution in [1.29, 1.82) is 0 Å². The molecule has 2 rings (SSSR count). The molecule has 0 radical (unpaired) electrons. The maximum atomic E-state index is 3.71. The van der Waals surface area contributed by atoms with Crippen LogP contribution >= 0.6 is 0 Å². The van der Waals surface area contributed by atoms with Crippen molar-refractivity contribution in [2.45, 2.75) is 115 Å². The van der Waals surface area contributed by atoms with E-state index < -0.39 is 0 Å². The van der Waals surface area contributed by atoms with Gasteiger partial charge in [0.1, 0.15) is 0 Å². The third-order valence-electron chi connectivity index (χ3n) is 5.20. The first-order valence-corrected chi connectivity index (χ1v) is 9.46. The minimum Gasteiger partial charge on any atom is -0.255 e. The van der Waals surface area contributed by atoms with E-state index in [1.54, 1.807) is 0 Å². The molecule has 0 amide bonds. The van der Waals surface area contributed by atoms with Gasteiger partial charge in [0.2, 0.25) is 0 Å². The van der Waals surface area contributed by atoms with E-state index in [0.29, 0.717) is 0 Å². The molecule has 0 atom stereocenters. The Balaban J connectivity index is 1.67. The first-order chi connectivity index (χ1) is 9.95. The summed E-state index contributed by atoms with van der Waals surface area (Å²) in [6.07, 6.45) is 22.8. The topological polar surface area (TPSA) is 24.1 Å². The summed E-state index contributed by atoms with van der Waals surface area (Å²) >= 11 is 0. The van der Waals surface area contributed by atoms with Crippen LogP contribution in [0.3, 0.4) is 0 Å². The summed E-state index contributed by atoms with van der Waals surface area (Å²) in [6, 6.07) is 1.45. The summed E-state index contributed by atoms with van der Waals surface area (Å²) in [6.45, 7) is 0. The largest absolute Gasteiger partial charge is 0.255 e. The Labute approximate surface area is 126 Å². The minimum absolute atomic E-state index is 0.723. The molecular formula is C18H36N2. The number of nitrogens with one attached hydrogen (secondary N) is 2. The Morgan fingerprint density at radius 1 is 0.350 bits per heavy atom. The maximum absolute atomic E-state index is 3.71. The van der Waals surface area contributed by atoms with Crippen LogP contribution < -0.4 is 10.9 Å². The lowest BCUT2D eigenvalue weighted by Crippen LogP contribution is -2.46. The SMILES string of the molecule is C1CCCCC(NNC2CCCCCCCC2)CCC1. The Morgan fingerprint density at radius 3 is 0.900 bits per heavy atom. The second-order valence-electron chi connectivity index (χ2n) is 7.08. The average molecular weight is 280 g/mol. The average Bonchev–Trinajstić information content (AvgIpc) is 2.68. The highest BCUT2D eigenvalue weighted by atomic mass is 15.4. The molecular weight excluding hydrogens is 244 g/mol. The van der Waals surface area contributed by atoms with Gasteiger partial charge in [-0.25, -0.2) is 0 Å². The van der Waals surface area contributed by atoms with Gasteiger partial charge in [0.15, 0.2) is 0 Å². The van der Waals surface area contributed by atoms with Crippen molar-refractivity contribution in [2.24, 2.45) is 0 Å². The van der Waals surface area contributed by atoms with Crippen LogP contribution in [-0.2, 0) is 0 Å². The summed E-state index contributed by atoms with van der Waals surface area (Å²) < 4.78 is 0. The van der Waals surface area contributed by atoms with Crippen LogP contribution in [0, 0.1) is 0 Å². The Kier molecular flexibility index (Phi) is 8.65. The fraction of sp³-hybridized carbons (Fsp3) is 1.00. The molecule has 2 heteroatoms. The smallest absolute Gasteiger partial charge is 0.0213 e. The quantitative estimate of drug-likeness (QED) is 0.704. The van der Waals surface area contributed by atoms with Crippen LogP contribution in [-0.4, -0.2) is 12.1 Å². The van der Waals surface area contributed by atoms with Crippen LogP contribution in [0.5, 0.6) is 0 Å². The molecule has 2 aliphatic carbocycles. The van der Waals surface area contributed by atoms with Crippen molar-refractivity contribution < 1.29 is 0 Å². The van der Waals surface area contributed by atoms with Gasteiger partial charge in [-0.15, -0.1) is 0 Å². The number of hydrogen-bond donors (Lipinski definition) is 2. The molecule has 2 saturated carbocycles. The van der Waals surface area contributed by atoms with Gasteiger partial charge in [0, 0.05) is 12.1 Å². The molecule has 0 bridgehead atoms. The zero-order chi connectivity index (χ0) is 13.9. The fourth-order valence-corrected chi connectivity index (χ4v) is 3.79. The lowest BCUT2D eigenvalue weighted by molar-refractivity contribution is 0.313. The molecule has 0 unspecified atom stereocenters. The van der Waals surface area contributed by atoms with E-state index in [1.807, 2.05) is 0 Å². The molecule has 0 aromatic rings. The molecule has 0 aromatic heterocycles. The van der Waals surface area contributed by atoms with Crippen molar-refractivity contribution in [2.75, 3.05) is 0 Å². The highest BCUT2D eigenvalue weighted by Crippen LogP contribution is 2.18. The predicted octanol–water partition coefficient (Wildman–Crippen LogP) is 5.09. The second kappa shape index (κ2) is 10.6. The van der Waals surface area contributed by atoms with E-state index >= 15 is 0 Å². The molecule has 2 fully saturated rings. The van der Waals surface area contributed by atoms with Crippen LogP contribution in [0.25, 0.3) is 0 Å². The van der Waals surface area contributed by atoms with Gasteiger partial charge in [-0.3, -0.25) is 10.9 Å². The molecule has 2 N–H and O–H groups in total. The lowest BCUT2D eigenvalue weighted by atomic mass is 10.0. The monoisotopic (exact) mass is 280 g/mol. The third-order valence-corrected chi connectivity index (χ3v) is 5.20. The van der Waals surface area contributed by atoms with Crippen LogP contribution in [0.4, 0.5) is 0 Å². The highest BCUT2D eigenvalue weighted by molar-refractivity contribution is 4.72. The van der Waals surface area contributed by atoms with E-state index in [1.165, 1.54) is 103 Å². The standard InChI is InChI=1S/C18H36N2/c1-2-6-10-14-17(13-9-5-1)19-20-18-15-11-7-3-4-8-12-16-18/h17-20H,1-16H2. The molecule has 0 spiro atoms. The van der Waals surface area contributed by atoms with Gasteiger partial charge in [0.05, 0.1) is 0 Å². The molecule has 118 valence electrons. The first kappa shape index (κ1) is 16.3. The maximum Gasteiger partial charge on any atom is 0.0213 e. The summed E-state index contributed by atoms with van der Waals surface area (Å²) in [7, 11) is 0. The third kappa shape index (κ3) is 7.08. The van der Waals surface area contributed by atoms with E-state index in [0.717, 1.165) is 12.1 Å². The molecule has 0 aromatic carbocycles. The van der Waals surface area contributed by atoms with Crippen molar-refractivity contribution in [3.05, 3.63) is 0 Å². The van der Waals surface area contributed by atoms with Crippen molar-refractivity contribution in [3.63, 3.8) is 0 Å². The molecule has 2 aliphatic rings. The molecule has 2 nitrogen and oxygen atoms in total. The second-order valence-corrected chi connectivity index (χ2v) is 7.08. The molecule has 0 heterocycles. The Bertz CT molecular complexity index is 185. The van der Waals surface area contributed by atoms with Gasteiger partial charge < -0.3 is 0 Å². The normalized spacial score (nSPS) is 25.8. The minimum atomic E-state index is 0.723. The Hall–Kier alpha value is -0.0800. The number of rotatable bonds is 3. The zero-order valence-electron chi connectivity index (χ0n) is 13.5. The lowest BCUT2D eigenvalue weighted by Gasteiger charge is -2.24. The predicted molar refractivity (Wildman–Crippen MR) is 87.7 cm³/mol. The zero-order valence-corrected chi connectivity index (χ0v) is 13.5. The van der Waals surface area contributed by atoms with Crippen molar-refractivity contribution in [1.82, 2.24) is 10.9 Å². The van der Waals surface area contributed by atoms with Crippen LogP contribution in [0.15, 0.2) is 0 Å². The number of hydrogen-bond acceptors (Lipinski definition) is 2. The molecule has 20 heavy (non-hydrogen) atoms. The number of hydrazine groups is 1. The highest BCUT2D eigenvalue weighted by Gasteiger charge is 2.14.